The molecule has 0 aliphatic heterocycles. The van der Waals surface area contributed by atoms with Gasteiger partial charge in [0.05, 0.1) is 12.7 Å². The Labute approximate surface area is 152 Å². The first kappa shape index (κ1) is 19.2. The van der Waals surface area contributed by atoms with Crippen LogP contribution in [0.25, 0.3) is 0 Å². The van der Waals surface area contributed by atoms with Gasteiger partial charge in [-0.15, -0.1) is 0 Å². The van der Waals surface area contributed by atoms with Crippen LogP contribution in [0.2, 0.25) is 0 Å². The number of nitrogens with one attached hydrogen (secondary N) is 1. The molecular weight excluding hydrogens is 334 g/mol. The first-order chi connectivity index (χ1) is 12.3. The maximum absolute atomic E-state index is 13.0. The van der Waals surface area contributed by atoms with Crippen LogP contribution in [0.5, 0.6) is 0 Å². The lowest BCUT2D eigenvalue weighted by Crippen LogP contribution is -2.34. The van der Waals surface area contributed by atoms with Gasteiger partial charge in [-0.2, -0.15) is 0 Å². The molecule has 3 N–H and O–H groups in total. The fourth-order valence-electron chi connectivity index (χ4n) is 2.83. The van der Waals surface area contributed by atoms with E-state index >= 15 is 0 Å². The molecule has 1 aromatic heterocycles. The molecule has 26 heavy (non-hydrogen) atoms. The minimum atomic E-state index is -0.498. The molecule has 0 unspecified atom stereocenters. The average molecular weight is 357 g/mol. The van der Waals surface area contributed by atoms with Gasteiger partial charge in [0.15, 0.2) is 0 Å². The number of amides is 2. The third-order valence-corrected chi connectivity index (χ3v) is 4.17. The van der Waals surface area contributed by atoms with Crippen LogP contribution in [0.4, 0.5) is 0 Å². The second kappa shape index (κ2) is 8.33. The van der Waals surface area contributed by atoms with Crippen LogP contribution in [0.3, 0.4) is 0 Å². The third-order valence-electron chi connectivity index (χ3n) is 4.17. The fourth-order valence-corrected chi connectivity index (χ4v) is 2.83. The topological polar surface area (TPSA) is 105 Å². The normalized spacial score (nSPS) is 10.4. The quantitative estimate of drug-likeness (QED) is 0.739. The van der Waals surface area contributed by atoms with Crippen molar-refractivity contribution < 1.29 is 19.1 Å². The van der Waals surface area contributed by atoms with Crippen LogP contribution in [0, 0.1) is 13.8 Å². The monoisotopic (exact) mass is 357 g/mol. The van der Waals surface area contributed by atoms with Gasteiger partial charge in [0.2, 0.25) is 5.91 Å². The van der Waals surface area contributed by atoms with E-state index < -0.39 is 11.9 Å². The number of carbonyl (C=O) groups excluding carboxylic acids is 3. The van der Waals surface area contributed by atoms with Gasteiger partial charge in [0.25, 0.3) is 5.91 Å². The zero-order valence-electron chi connectivity index (χ0n) is 15.2. The predicted octanol–water partition coefficient (Wildman–Crippen LogP) is 1.94. The summed E-state index contributed by atoms with van der Waals surface area (Å²) in [6.07, 6.45) is 0.0567. The first-order valence-electron chi connectivity index (χ1n) is 8.24. The second-order valence-corrected chi connectivity index (χ2v) is 6.05. The fraction of sp³-hybridized carbons (Fsp3) is 0.316. The summed E-state index contributed by atoms with van der Waals surface area (Å²) in [5.74, 6) is -1.28. The number of hydrogen-bond donors (Lipinski definition) is 2. The summed E-state index contributed by atoms with van der Waals surface area (Å²) in [7, 11) is 1.30. The van der Waals surface area contributed by atoms with E-state index in [4.69, 9.17) is 10.5 Å². The van der Waals surface area contributed by atoms with Crippen molar-refractivity contribution in [1.29, 1.82) is 0 Å². The molecule has 0 saturated heterocycles. The first-order valence-corrected chi connectivity index (χ1v) is 8.24. The van der Waals surface area contributed by atoms with Crippen molar-refractivity contribution in [2.75, 3.05) is 13.7 Å². The largest absolute Gasteiger partial charge is 0.465 e. The highest BCUT2D eigenvalue weighted by molar-refractivity contribution is 6.00. The summed E-state index contributed by atoms with van der Waals surface area (Å²) < 4.78 is 4.78. The zero-order valence-corrected chi connectivity index (χ0v) is 15.2. The number of methoxy groups -OCH3 is 1. The van der Waals surface area contributed by atoms with Gasteiger partial charge in [-0.05, 0) is 25.0 Å². The molecule has 0 radical (unpaired) electrons. The minimum absolute atomic E-state index is 0.0567. The van der Waals surface area contributed by atoms with Crippen LogP contribution < -0.4 is 5.73 Å². The smallest absolute Gasteiger partial charge is 0.339 e. The van der Waals surface area contributed by atoms with E-state index in [0.29, 0.717) is 29.1 Å². The lowest BCUT2D eigenvalue weighted by Gasteiger charge is -2.22. The van der Waals surface area contributed by atoms with Crippen molar-refractivity contribution in [2.45, 2.75) is 26.8 Å². The number of H-pyrrole nitrogens is 1. The van der Waals surface area contributed by atoms with Crippen LogP contribution >= 0.6 is 0 Å². The second-order valence-electron chi connectivity index (χ2n) is 6.05. The Morgan fingerprint density at radius 1 is 1.15 bits per heavy atom. The van der Waals surface area contributed by atoms with E-state index in [1.807, 2.05) is 30.3 Å². The molecule has 138 valence electrons. The van der Waals surface area contributed by atoms with Crippen molar-refractivity contribution in [3.63, 3.8) is 0 Å². The molecule has 7 nitrogen and oxygen atoms in total. The number of benzene rings is 1. The van der Waals surface area contributed by atoms with E-state index in [0.717, 1.165) is 5.56 Å². The van der Waals surface area contributed by atoms with Crippen LogP contribution in [-0.2, 0) is 16.1 Å². The van der Waals surface area contributed by atoms with Gasteiger partial charge in [-0.3, -0.25) is 9.59 Å². The van der Waals surface area contributed by atoms with Crippen LogP contribution in [0.15, 0.2) is 30.3 Å². The van der Waals surface area contributed by atoms with Gasteiger partial charge < -0.3 is 20.4 Å². The summed E-state index contributed by atoms with van der Waals surface area (Å²) in [4.78, 5) is 40.7. The van der Waals surface area contributed by atoms with Crippen molar-refractivity contribution in [3.8, 4) is 0 Å². The number of rotatable bonds is 7. The highest BCUT2D eigenvalue weighted by Crippen LogP contribution is 2.21. The van der Waals surface area contributed by atoms with E-state index in [9.17, 15) is 14.4 Å². The lowest BCUT2D eigenvalue weighted by atomic mass is 10.1. The number of esters is 1. The minimum Gasteiger partial charge on any atom is -0.465 e. The number of nitrogens with two attached hydrogens (primary N) is 1. The number of ether oxygens (including phenoxy) is 1. The average Bonchev–Trinajstić information content (AvgIpc) is 2.92. The Morgan fingerprint density at radius 2 is 1.81 bits per heavy atom. The van der Waals surface area contributed by atoms with E-state index in [2.05, 4.69) is 4.98 Å². The molecule has 7 heteroatoms. The van der Waals surface area contributed by atoms with Gasteiger partial charge in [-0.25, -0.2) is 4.79 Å². The van der Waals surface area contributed by atoms with E-state index in [-0.39, 0.29) is 18.9 Å². The Balaban J connectivity index is 2.33. The molecule has 0 bridgehead atoms. The molecule has 2 aromatic rings. The predicted molar refractivity (Wildman–Crippen MR) is 96.6 cm³/mol. The molecule has 2 amide bonds. The number of nitrogens with zero attached hydrogens (tertiary/aromatic N) is 1. The molecule has 1 aromatic carbocycles. The number of aryl methyl sites for hydroxylation is 1. The maximum Gasteiger partial charge on any atom is 0.339 e. The standard InChI is InChI=1S/C19H23N3O4/c1-12-16(19(25)26-3)13(2)21-17(12)18(24)22(10-9-15(20)23)11-14-7-5-4-6-8-14/h4-8,21H,9-11H2,1-3H3,(H2,20,23). The van der Waals surface area contributed by atoms with Gasteiger partial charge in [-0.1, -0.05) is 30.3 Å². The molecule has 0 aliphatic rings. The number of hydrogen-bond acceptors (Lipinski definition) is 4. The van der Waals surface area contributed by atoms with Crippen LogP contribution in [-0.4, -0.2) is 41.3 Å². The molecule has 0 aliphatic carbocycles. The van der Waals surface area contributed by atoms with Gasteiger partial charge in [0.1, 0.15) is 5.69 Å². The Morgan fingerprint density at radius 3 is 2.38 bits per heavy atom. The number of aromatic nitrogens is 1. The number of primary amides is 1. The number of aromatic amines is 1. The van der Waals surface area contributed by atoms with Crippen LogP contribution in [0.1, 0.15) is 44.1 Å². The van der Waals surface area contributed by atoms with Gasteiger partial charge in [0, 0.05) is 25.2 Å². The van der Waals surface area contributed by atoms with Gasteiger partial charge >= 0.3 is 5.97 Å². The highest BCUT2D eigenvalue weighted by Gasteiger charge is 2.26. The SMILES string of the molecule is COC(=O)c1c(C)[nH]c(C(=O)N(CCC(N)=O)Cc2ccccc2)c1C. The zero-order chi connectivity index (χ0) is 19.3. The van der Waals surface area contributed by atoms with E-state index in [1.54, 1.807) is 18.7 Å². The Kier molecular flexibility index (Phi) is 6.16. The van der Waals surface area contributed by atoms with Crippen molar-refractivity contribution in [2.24, 2.45) is 5.73 Å². The molecule has 0 spiro atoms. The molecule has 0 saturated carbocycles. The summed E-state index contributed by atoms with van der Waals surface area (Å²) in [6.45, 7) is 3.92. The van der Waals surface area contributed by atoms with Crippen molar-refractivity contribution in [1.82, 2.24) is 9.88 Å². The summed E-state index contributed by atoms with van der Waals surface area (Å²) >= 11 is 0. The van der Waals surface area contributed by atoms with E-state index in [1.165, 1.54) is 7.11 Å². The van der Waals surface area contributed by atoms with Crippen molar-refractivity contribution in [3.05, 3.63) is 58.4 Å². The molecule has 2 rings (SSSR count). The Hall–Kier alpha value is -3.09. The lowest BCUT2D eigenvalue weighted by molar-refractivity contribution is -0.118. The Bertz CT molecular complexity index is 812. The molecule has 1 heterocycles. The molecular formula is C19H23N3O4. The third kappa shape index (κ3) is 4.30. The molecule has 0 fully saturated rings. The summed E-state index contributed by atoms with van der Waals surface area (Å²) in [5.41, 5.74) is 7.92. The summed E-state index contributed by atoms with van der Waals surface area (Å²) in [6, 6.07) is 9.45. The summed E-state index contributed by atoms with van der Waals surface area (Å²) in [5, 5.41) is 0. The van der Waals surface area contributed by atoms with Crippen molar-refractivity contribution >= 4 is 17.8 Å². The molecule has 0 atom stereocenters. The highest BCUT2D eigenvalue weighted by atomic mass is 16.5. The maximum atomic E-state index is 13.0. The number of carbonyl (C=O) groups is 3.